The van der Waals surface area contributed by atoms with Crippen molar-refractivity contribution in [3.63, 3.8) is 0 Å². The van der Waals surface area contributed by atoms with Gasteiger partial charge in [0, 0.05) is 44.5 Å². The van der Waals surface area contributed by atoms with Crippen molar-refractivity contribution in [3.8, 4) is 0 Å². The number of rotatable bonds is 6. The van der Waals surface area contributed by atoms with Gasteiger partial charge >= 0.3 is 5.97 Å². The Morgan fingerprint density at radius 3 is 2.38 bits per heavy atom. The molecule has 0 bridgehead atoms. The minimum atomic E-state index is -3.76. The molecule has 8 nitrogen and oxygen atoms in total. The van der Waals surface area contributed by atoms with Crippen LogP contribution < -0.4 is 4.90 Å². The highest BCUT2D eigenvalue weighted by Gasteiger charge is 2.29. The summed E-state index contributed by atoms with van der Waals surface area (Å²) in [6.45, 7) is 4.20. The smallest absolute Gasteiger partial charge is 0.338 e. The molecule has 2 fully saturated rings. The van der Waals surface area contributed by atoms with Gasteiger partial charge in [-0.3, -0.25) is 4.79 Å². The summed E-state index contributed by atoms with van der Waals surface area (Å²) in [5.74, 6) is -0.926. The van der Waals surface area contributed by atoms with Crippen molar-refractivity contribution in [1.29, 1.82) is 0 Å². The number of anilines is 1. The van der Waals surface area contributed by atoms with Gasteiger partial charge in [-0.15, -0.1) is 0 Å². The molecule has 1 amide bonds. The van der Waals surface area contributed by atoms with Gasteiger partial charge in [0.15, 0.2) is 6.61 Å². The minimum absolute atomic E-state index is 0.0473. The lowest BCUT2D eigenvalue weighted by atomic mass is 10.0. The average Bonchev–Trinajstić information content (AvgIpc) is 2.88. The topological polar surface area (TPSA) is 87.2 Å². The number of para-hydroxylation sites is 1. The molecule has 0 N–H and O–H groups in total. The fourth-order valence-electron chi connectivity index (χ4n) is 4.52. The number of sulfonamides is 1. The number of hydrogen-bond acceptors (Lipinski definition) is 6. The predicted octanol–water partition coefficient (Wildman–Crippen LogP) is 2.76. The van der Waals surface area contributed by atoms with Crippen LogP contribution in [-0.4, -0.2) is 74.9 Å². The second-order valence-electron chi connectivity index (χ2n) is 8.76. The molecule has 0 aromatic heterocycles. The number of carbonyl (C=O) groups is 2. The van der Waals surface area contributed by atoms with E-state index in [-0.39, 0.29) is 29.0 Å². The molecule has 182 valence electrons. The number of piperidine rings is 1. The molecule has 2 saturated heterocycles. The number of hydrogen-bond donors (Lipinski definition) is 0. The molecule has 0 aliphatic carbocycles. The van der Waals surface area contributed by atoms with Gasteiger partial charge < -0.3 is 14.5 Å². The summed E-state index contributed by atoms with van der Waals surface area (Å²) in [6.07, 6.45) is 2.98. The van der Waals surface area contributed by atoms with Gasteiger partial charge in [-0.2, -0.15) is 4.31 Å². The van der Waals surface area contributed by atoms with E-state index in [4.69, 9.17) is 4.74 Å². The van der Waals surface area contributed by atoms with E-state index < -0.39 is 16.0 Å². The quantitative estimate of drug-likeness (QED) is 0.585. The van der Waals surface area contributed by atoms with Gasteiger partial charge in [0.25, 0.3) is 5.91 Å². The summed E-state index contributed by atoms with van der Waals surface area (Å²) in [7, 11) is -3.76. The van der Waals surface area contributed by atoms with Crippen molar-refractivity contribution in [2.24, 2.45) is 0 Å². The summed E-state index contributed by atoms with van der Waals surface area (Å²) in [4.78, 5) is 29.0. The highest BCUT2D eigenvalue weighted by molar-refractivity contribution is 7.89. The Bertz CT molecular complexity index is 1110. The van der Waals surface area contributed by atoms with Crippen LogP contribution in [0.4, 0.5) is 5.69 Å². The van der Waals surface area contributed by atoms with Crippen molar-refractivity contribution in [2.45, 2.75) is 37.1 Å². The second kappa shape index (κ2) is 10.6. The Hall–Kier alpha value is -2.91. The summed E-state index contributed by atoms with van der Waals surface area (Å²) < 4.78 is 33.1. The van der Waals surface area contributed by atoms with Crippen molar-refractivity contribution >= 4 is 27.6 Å². The van der Waals surface area contributed by atoms with Crippen LogP contribution in [-0.2, 0) is 19.6 Å². The van der Waals surface area contributed by atoms with E-state index >= 15 is 0 Å². The normalized spacial score (nSPS) is 19.6. The molecule has 34 heavy (non-hydrogen) atoms. The molecule has 0 unspecified atom stereocenters. The van der Waals surface area contributed by atoms with E-state index in [1.165, 1.54) is 28.6 Å². The maximum atomic E-state index is 13.2. The van der Waals surface area contributed by atoms with Gasteiger partial charge in [0.1, 0.15) is 0 Å². The van der Waals surface area contributed by atoms with Gasteiger partial charge in [-0.25, -0.2) is 13.2 Å². The van der Waals surface area contributed by atoms with Crippen molar-refractivity contribution in [2.75, 3.05) is 44.2 Å². The predicted molar refractivity (Wildman–Crippen MR) is 129 cm³/mol. The van der Waals surface area contributed by atoms with Crippen LogP contribution in [0.25, 0.3) is 0 Å². The first-order chi connectivity index (χ1) is 16.4. The molecule has 1 atom stereocenters. The molecule has 4 rings (SSSR count). The molecule has 0 spiro atoms. The summed E-state index contributed by atoms with van der Waals surface area (Å²) in [6, 6.07) is 15.9. The van der Waals surface area contributed by atoms with E-state index in [1.807, 2.05) is 37.3 Å². The molecule has 2 aliphatic heterocycles. The molecule has 2 aromatic carbocycles. The Balaban J connectivity index is 1.37. The first-order valence-corrected chi connectivity index (χ1v) is 13.2. The third kappa shape index (κ3) is 5.42. The minimum Gasteiger partial charge on any atom is -0.452 e. The summed E-state index contributed by atoms with van der Waals surface area (Å²) in [5.41, 5.74) is 1.18. The van der Waals surface area contributed by atoms with Gasteiger partial charge in [-0.1, -0.05) is 24.3 Å². The summed E-state index contributed by atoms with van der Waals surface area (Å²) >= 11 is 0. The maximum absolute atomic E-state index is 13.2. The maximum Gasteiger partial charge on any atom is 0.338 e. The first kappa shape index (κ1) is 24.2. The molecule has 9 heteroatoms. The monoisotopic (exact) mass is 485 g/mol. The van der Waals surface area contributed by atoms with Gasteiger partial charge in [0.2, 0.25) is 10.0 Å². The number of piperazine rings is 1. The van der Waals surface area contributed by atoms with Gasteiger partial charge in [0.05, 0.1) is 10.5 Å². The molecular weight excluding hydrogens is 454 g/mol. The van der Waals surface area contributed by atoms with Crippen LogP contribution in [0.3, 0.4) is 0 Å². The number of nitrogens with zero attached hydrogens (tertiary/aromatic N) is 3. The Kier molecular flexibility index (Phi) is 7.53. The Labute approximate surface area is 201 Å². The lowest BCUT2D eigenvalue weighted by Crippen LogP contribution is -2.48. The van der Waals surface area contributed by atoms with E-state index in [0.29, 0.717) is 32.7 Å². The van der Waals surface area contributed by atoms with Crippen LogP contribution in [0.1, 0.15) is 36.5 Å². The SMILES string of the molecule is C[C@@H]1CCCCN1C(=O)COC(=O)c1cccc(S(=O)(=O)N2CCN(c3ccccc3)CC2)c1. The number of amides is 1. The highest BCUT2D eigenvalue weighted by Crippen LogP contribution is 2.22. The van der Waals surface area contributed by atoms with Crippen LogP contribution in [0.5, 0.6) is 0 Å². The van der Waals surface area contributed by atoms with Crippen LogP contribution in [0.15, 0.2) is 59.5 Å². The standard InChI is InChI=1S/C25H31N3O5S/c1-20-8-5-6-13-28(20)24(29)19-33-25(30)21-9-7-12-23(18-21)34(31,32)27-16-14-26(15-17-27)22-10-3-2-4-11-22/h2-4,7,9-12,18,20H,5-6,8,13-17,19H2,1H3/t20-/m1/s1. The van der Waals surface area contributed by atoms with Crippen LogP contribution >= 0.6 is 0 Å². The number of esters is 1. The Morgan fingerprint density at radius 2 is 1.68 bits per heavy atom. The first-order valence-electron chi connectivity index (χ1n) is 11.7. The second-order valence-corrected chi connectivity index (χ2v) is 10.7. The van der Waals surface area contributed by atoms with Crippen molar-refractivity contribution in [1.82, 2.24) is 9.21 Å². The van der Waals surface area contributed by atoms with E-state index in [1.54, 1.807) is 4.90 Å². The third-order valence-corrected chi connectivity index (χ3v) is 8.41. The molecule has 0 radical (unpaired) electrons. The zero-order chi connectivity index (χ0) is 24.1. The molecule has 2 aromatic rings. The molecular formula is C25H31N3O5S. The number of likely N-dealkylation sites (tertiary alicyclic amines) is 1. The lowest BCUT2D eigenvalue weighted by molar-refractivity contribution is -0.137. The molecule has 0 saturated carbocycles. The zero-order valence-electron chi connectivity index (χ0n) is 19.4. The van der Waals surface area contributed by atoms with Crippen LogP contribution in [0, 0.1) is 0 Å². The average molecular weight is 486 g/mol. The van der Waals surface area contributed by atoms with Crippen LogP contribution in [0.2, 0.25) is 0 Å². The van der Waals surface area contributed by atoms with Crippen molar-refractivity contribution < 1.29 is 22.7 Å². The van der Waals surface area contributed by atoms with E-state index in [0.717, 1.165) is 24.9 Å². The fraction of sp³-hybridized carbons (Fsp3) is 0.440. The molecule has 2 heterocycles. The van der Waals surface area contributed by atoms with Gasteiger partial charge in [-0.05, 0) is 56.5 Å². The molecule has 2 aliphatic rings. The van der Waals surface area contributed by atoms with E-state index in [2.05, 4.69) is 4.90 Å². The Morgan fingerprint density at radius 1 is 0.941 bits per heavy atom. The zero-order valence-corrected chi connectivity index (χ0v) is 20.2. The third-order valence-electron chi connectivity index (χ3n) is 6.52. The largest absolute Gasteiger partial charge is 0.452 e. The number of benzene rings is 2. The lowest BCUT2D eigenvalue weighted by Gasteiger charge is -2.35. The number of carbonyl (C=O) groups excluding carboxylic acids is 2. The van der Waals surface area contributed by atoms with Crippen molar-refractivity contribution in [3.05, 3.63) is 60.2 Å². The fourth-order valence-corrected chi connectivity index (χ4v) is 5.99. The number of ether oxygens (including phenoxy) is 1. The highest BCUT2D eigenvalue weighted by atomic mass is 32.2. The van der Waals surface area contributed by atoms with E-state index in [9.17, 15) is 18.0 Å². The summed E-state index contributed by atoms with van der Waals surface area (Å²) in [5, 5.41) is 0.